The average Bonchev–Trinajstić information content (AvgIpc) is 2.51. The van der Waals surface area contributed by atoms with Gasteiger partial charge in [0.1, 0.15) is 12.2 Å². The van der Waals surface area contributed by atoms with Gasteiger partial charge in [0.15, 0.2) is 0 Å². The number of hydrogen-bond donors (Lipinski definition) is 0. The van der Waals surface area contributed by atoms with Gasteiger partial charge >= 0.3 is 5.97 Å². The van der Waals surface area contributed by atoms with Gasteiger partial charge in [-0.1, -0.05) is 6.92 Å². The quantitative estimate of drug-likeness (QED) is 0.643. The highest BCUT2D eigenvalue weighted by Gasteiger charge is 2.09. The third kappa shape index (κ3) is 1.87. The molecule has 0 aliphatic rings. The molecule has 1 rings (SSSR count). The number of carbonyl (C=O) groups is 1. The van der Waals surface area contributed by atoms with E-state index in [1.165, 1.54) is 7.11 Å². The topological polar surface area (TPSA) is 39.4 Å². The summed E-state index contributed by atoms with van der Waals surface area (Å²) in [6.07, 6.45) is 2.70. The number of rotatable bonds is 3. The van der Waals surface area contributed by atoms with Crippen molar-refractivity contribution in [3.63, 3.8) is 0 Å². The Labute approximate surface area is 71.3 Å². The molecule has 0 N–H and O–H groups in total. The van der Waals surface area contributed by atoms with Gasteiger partial charge in [0.25, 0.3) is 0 Å². The lowest BCUT2D eigenvalue weighted by Gasteiger charge is -1.97. The molecule has 1 aromatic rings. The molecule has 0 aromatic carbocycles. The van der Waals surface area contributed by atoms with Crippen LogP contribution in [0.15, 0.2) is 16.7 Å². The lowest BCUT2D eigenvalue weighted by Crippen LogP contribution is -2.04. The highest BCUT2D eigenvalue weighted by molar-refractivity contribution is 5.71. The SMILES string of the molecule is CCc1ccoc1CC(=O)OC. The second kappa shape index (κ2) is 3.95. The smallest absolute Gasteiger partial charge is 0.313 e. The van der Waals surface area contributed by atoms with Crippen molar-refractivity contribution in [2.45, 2.75) is 19.8 Å². The summed E-state index contributed by atoms with van der Waals surface area (Å²) < 4.78 is 9.65. The van der Waals surface area contributed by atoms with Crippen molar-refractivity contribution in [3.05, 3.63) is 23.7 Å². The monoisotopic (exact) mass is 168 g/mol. The van der Waals surface area contributed by atoms with E-state index in [1.54, 1.807) is 6.26 Å². The molecule has 0 atom stereocenters. The maximum atomic E-state index is 10.9. The lowest BCUT2D eigenvalue weighted by atomic mass is 10.1. The zero-order valence-corrected chi connectivity index (χ0v) is 7.29. The van der Waals surface area contributed by atoms with Gasteiger partial charge in [-0.15, -0.1) is 0 Å². The molecular formula is C9H12O3. The average molecular weight is 168 g/mol. The highest BCUT2D eigenvalue weighted by atomic mass is 16.5. The fraction of sp³-hybridized carbons (Fsp3) is 0.444. The molecule has 0 radical (unpaired) electrons. The van der Waals surface area contributed by atoms with Gasteiger partial charge in [0.05, 0.1) is 13.4 Å². The molecule has 3 nitrogen and oxygen atoms in total. The first-order valence-electron chi connectivity index (χ1n) is 3.90. The summed E-state index contributed by atoms with van der Waals surface area (Å²) in [7, 11) is 1.37. The third-order valence-corrected chi connectivity index (χ3v) is 1.75. The molecule has 0 fully saturated rings. The minimum atomic E-state index is -0.264. The molecule has 0 unspecified atom stereocenters. The van der Waals surface area contributed by atoms with Crippen LogP contribution in [0.4, 0.5) is 0 Å². The highest BCUT2D eigenvalue weighted by Crippen LogP contribution is 2.11. The van der Waals surface area contributed by atoms with Gasteiger partial charge in [-0.05, 0) is 18.1 Å². The van der Waals surface area contributed by atoms with Gasteiger partial charge in [0.2, 0.25) is 0 Å². The molecule has 3 heteroatoms. The van der Waals surface area contributed by atoms with Crippen molar-refractivity contribution in [3.8, 4) is 0 Å². The first-order valence-corrected chi connectivity index (χ1v) is 3.90. The van der Waals surface area contributed by atoms with E-state index in [-0.39, 0.29) is 12.4 Å². The summed E-state index contributed by atoms with van der Waals surface area (Å²) in [5, 5.41) is 0. The fourth-order valence-corrected chi connectivity index (χ4v) is 1.04. The Bertz CT molecular complexity index is 262. The lowest BCUT2D eigenvalue weighted by molar-refractivity contribution is -0.140. The summed E-state index contributed by atoms with van der Waals surface area (Å²) in [5.74, 6) is 0.448. The van der Waals surface area contributed by atoms with Crippen LogP contribution in [0.3, 0.4) is 0 Å². The molecule has 0 spiro atoms. The molecule has 0 aliphatic heterocycles. The number of ether oxygens (including phenoxy) is 1. The van der Waals surface area contributed by atoms with E-state index in [0.29, 0.717) is 5.76 Å². The Morgan fingerprint density at radius 3 is 3.00 bits per heavy atom. The summed E-state index contributed by atoms with van der Waals surface area (Å²) in [4.78, 5) is 10.9. The Morgan fingerprint density at radius 1 is 1.67 bits per heavy atom. The molecule has 0 saturated carbocycles. The molecule has 0 saturated heterocycles. The van der Waals surface area contributed by atoms with Crippen molar-refractivity contribution in [1.82, 2.24) is 0 Å². The summed E-state index contributed by atoms with van der Waals surface area (Å²) >= 11 is 0. The molecular weight excluding hydrogens is 156 g/mol. The Hall–Kier alpha value is -1.25. The number of methoxy groups -OCH3 is 1. The van der Waals surface area contributed by atoms with Gasteiger partial charge in [-0.25, -0.2) is 0 Å². The van der Waals surface area contributed by atoms with Crippen LogP contribution < -0.4 is 0 Å². The molecule has 1 aromatic heterocycles. The normalized spacial score (nSPS) is 9.83. The molecule has 12 heavy (non-hydrogen) atoms. The van der Waals surface area contributed by atoms with E-state index in [0.717, 1.165) is 12.0 Å². The first kappa shape index (κ1) is 8.84. The van der Waals surface area contributed by atoms with E-state index in [2.05, 4.69) is 4.74 Å². The standard InChI is InChI=1S/C9H12O3/c1-3-7-4-5-12-8(7)6-9(10)11-2/h4-5H,3,6H2,1-2H3. The summed E-state index contributed by atoms with van der Waals surface area (Å²) in [5.41, 5.74) is 1.07. The zero-order chi connectivity index (χ0) is 8.97. The largest absolute Gasteiger partial charge is 0.469 e. The van der Waals surface area contributed by atoms with Crippen LogP contribution in [0.1, 0.15) is 18.2 Å². The number of furan rings is 1. The van der Waals surface area contributed by atoms with Crippen LogP contribution >= 0.6 is 0 Å². The predicted molar refractivity (Wildman–Crippen MR) is 43.8 cm³/mol. The maximum absolute atomic E-state index is 10.9. The fourth-order valence-electron chi connectivity index (χ4n) is 1.04. The number of aryl methyl sites for hydroxylation is 1. The van der Waals surface area contributed by atoms with E-state index in [4.69, 9.17) is 4.42 Å². The van der Waals surface area contributed by atoms with Crippen molar-refractivity contribution in [2.75, 3.05) is 7.11 Å². The Balaban J connectivity index is 2.68. The van der Waals surface area contributed by atoms with E-state index in [1.807, 2.05) is 13.0 Å². The maximum Gasteiger partial charge on any atom is 0.313 e. The van der Waals surface area contributed by atoms with Crippen LogP contribution in [0.5, 0.6) is 0 Å². The van der Waals surface area contributed by atoms with Gasteiger partial charge in [-0.2, -0.15) is 0 Å². The van der Waals surface area contributed by atoms with Gasteiger partial charge < -0.3 is 9.15 Å². The minimum absolute atomic E-state index is 0.229. The van der Waals surface area contributed by atoms with Crippen molar-refractivity contribution >= 4 is 5.97 Å². The number of esters is 1. The molecule has 0 amide bonds. The summed E-state index contributed by atoms with van der Waals surface area (Å²) in [6, 6.07) is 1.87. The van der Waals surface area contributed by atoms with Gasteiger partial charge in [0, 0.05) is 0 Å². The Morgan fingerprint density at radius 2 is 2.42 bits per heavy atom. The first-order chi connectivity index (χ1) is 5.77. The molecule has 66 valence electrons. The van der Waals surface area contributed by atoms with Crippen LogP contribution in [0, 0.1) is 0 Å². The van der Waals surface area contributed by atoms with Crippen molar-refractivity contribution in [2.24, 2.45) is 0 Å². The molecule has 1 heterocycles. The molecule has 0 bridgehead atoms. The second-order valence-electron chi connectivity index (χ2n) is 2.48. The number of carbonyl (C=O) groups excluding carboxylic acids is 1. The van der Waals surface area contributed by atoms with Crippen LogP contribution in [-0.2, 0) is 22.4 Å². The van der Waals surface area contributed by atoms with Crippen molar-refractivity contribution in [1.29, 1.82) is 0 Å². The van der Waals surface area contributed by atoms with E-state index in [9.17, 15) is 4.79 Å². The van der Waals surface area contributed by atoms with Crippen molar-refractivity contribution < 1.29 is 13.9 Å². The second-order valence-corrected chi connectivity index (χ2v) is 2.48. The summed E-state index contributed by atoms with van der Waals surface area (Å²) in [6.45, 7) is 2.02. The van der Waals surface area contributed by atoms with E-state index < -0.39 is 0 Å². The Kier molecular flexibility index (Phi) is 2.91. The zero-order valence-electron chi connectivity index (χ0n) is 7.29. The van der Waals surface area contributed by atoms with Crippen LogP contribution in [0.25, 0.3) is 0 Å². The van der Waals surface area contributed by atoms with Crippen LogP contribution in [-0.4, -0.2) is 13.1 Å². The number of hydrogen-bond acceptors (Lipinski definition) is 3. The third-order valence-electron chi connectivity index (χ3n) is 1.75. The molecule has 0 aliphatic carbocycles. The minimum Gasteiger partial charge on any atom is -0.469 e. The van der Waals surface area contributed by atoms with E-state index >= 15 is 0 Å². The van der Waals surface area contributed by atoms with Gasteiger partial charge in [-0.3, -0.25) is 4.79 Å². The predicted octanol–water partition coefficient (Wildman–Crippen LogP) is 1.56. The van der Waals surface area contributed by atoms with Crippen LogP contribution in [0.2, 0.25) is 0 Å².